The molecule has 0 spiro atoms. The van der Waals surface area contributed by atoms with Gasteiger partial charge in [-0.1, -0.05) is 49.4 Å². The molecule has 0 heterocycles. The first-order valence-corrected chi connectivity index (χ1v) is 5.96. The fourth-order valence-corrected chi connectivity index (χ4v) is 1.97. The SMILES string of the molecule is COc1ccccc1C(=O)C(C)c1ccccc1. The molecule has 0 radical (unpaired) electrons. The quantitative estimate of drug-likeness (QED) is 0.762. The summed E-state index contributed by atoms with van der Waals surface area (Å²) in [4.78, 5) is 12.4. The predicted octanol–water partition coefficient (Wildman–Crippen LogP) is 3.68. The molecule has 0 N–H and O–H groups in total. The van der Waals surface area contributed by atoms with Crippen LogP contribution in [0.15, 0.2) is 54.6 Å². The summed E-state index contributed by atoms with van der Waals surface area (Å²) in [5.74, 6) is 0.548. The van der Waals surface area contributed by atoms with Crippen LogP contribution in [0.25, 0.3) is 0 Å². The molecular formula is C16H16O2. The number of rotatable bonds is 4. The normalized spacial score (nSPS) is 11.9. The number of hydrogen-bond acceptors (Lipinski definition) is 2. The van der Waals surface area contributed by atoms with Gasteiger partial charge in [0.25, 0.3) is 0 Å². The maximum atomic E-state index is 12.4. The van der Waals surface area contributed by atoms with Gasteiger partial charge in [0.15, 0.2) is 5.78 Å². The van der Waals surface area contributed by atoms with Crippen molar-refractivity contribution in [3.05, 3.63) is 65.7 Å². The van der Waals surface area contributed by atoms with Gasteiger partial charge in [-0.15, -0.1) is 0 Å². The number of hydrogen-bond donors (Lipinski definition) is 0. The van der Waals surface area contributed by atoms with Gasteiger partial charge in [-0.3, -0.25) is 4.79 Å². The molecule has 0 saturated heterocycles. The van der Waals surface area contributed by atoms with E-state index in [-0.39, 0.29) is 11.7 Å². The van der Waals surface area contributed by atoms with Crippen LogP contribution in [-0.4, -0.2) is 12.9 Å². The summed E-state index contributed by atoms with van der Waals surface area (Å²) < 4.78 is 5.23. The average molecular weight is 240 g/mol. The molecule has 1 atom stereocenters. The van der Waals surface area contributed by atoms with Crippen LogP contribution in [0.1, 0.15) is 28.8 Å². The third kappa shape index (κ3) is 2.43. The number of methoxy groups -OCH3 is 1. The zero-order valence-electron chi connectivity index (χ0n) is 10.6. The molecule has 2 aromatic carbocycles. The number of benzene rings is 2. The second kappa shape index (κ2) is 5.50. The van der Waals surface area contributed by atoms with Crippen molar-refractivity contribution in [3.8, 4) is 5.75 Å². The van der Waals surface area contributed by atoms with Gasteiger partial charge in [-0.05, 0) is 17.7 Å². The topological polar surface area (TPSA) is 26.3 Å². The maximum absolute atomic E-state index is 12.4. The van der Waals surface area contributed by atoms with E-state index in [4.69, 9.17) is 4.74 Å². The summed E-state index contributed by atoms with van der Waals surface area (Å²) in [6, 6.07) is 17.1. The Hall–Kier alpha value is -2.09. The number of carbonyl (C=O) groups is 1. The Balaban J connectivity index is 2.32. The van der Waals surface area contributed by atoms with Gasteiger partial charge in [0.05, 0.1) is 12.7 Å². The molecule has 0 aliphatic heterocycles. The Morgan fingerprint density at radius 2 is 1.61 bits per heavy atom. The van der Waals surface area contributed by atoms with Crippen molar-refractivity contribution in [2.24, 2.45) is 0 Å². The first kappa shape index (κ1) is 12.4. The summed E-state index contributed by atoms with van der Waals surface area (Å²) in [5, 5.41) is 0. The molecule has 0 fully saturated rings. The number of carbonyl (C=O) groups excluding carboxylic acids is 1. The van der Waals surface area contributed by atoms with Crippen molar-refractivity contribution >= 4 is 5.78 Å². The van der Waals surface area contributed by atoms with Crippen molar-refractivity contribution in [2.75, 3.05) is 7.11 Å². The van der Waals surface area contributed by atoms with Gasteiger partial charge in [0.1, 0.15) is 5.75 Å². The minimum atomic E-state index is -0.164. The zero-order chi connectivity index (χ0) is 13.0. The summed E-state index contributed by atoms with van der Waals surface area (Å²) in [5.41, 5.74) is 1.66. The molecular weight excluding hydrogens is 224 g/mol. The standard InChI is InChI=1S/C16H16O2/c1-12(13-8-4-3-5-9-13)16(17)14-10-6-7-11-15(14)18-2/h3-12H,1-2H3. The molecule has 2 heteroatoms. The Morgan fingerprint density at radius 3 is 2.28 bits per heavy atom. The molecule has 2 aromatic rings. The highest BCUT2D eigenvalue weighted by Gasteiger charge is 2.19. The van der Waals surface area contributed by atoms with E-state index in [0.29, 0.717) is 11.3 Å². The summed E-state index contributed by atoms with van der Waals surface area (Å²) in [6.45, 7) is 1.92. The van der Waals surface area contributed by atoms with Crippen LogP contribution in [0, 0.1) is 0 Å². The van der Waals surface area contributed by atoms with Crippen LogP contribution in [0.4, 0.5) is 0 Å². The second-order valence-electron chi connectivity index (χ2n) is 4.20. The van der Waals surface area contributed by atoms with Crippen LogP contribution >= 0.6 is 0 Å². The molecule has 0 aliphatic rings. The fourth-order valence-electron chi connectivity index (χ4n) is 1.97. The highest BCUT2D eigenvalue weighted by atomic mass is 16.5. The average Bonchev–Trinajstić information content (AvgIpc) is 2.46. The molecule has 0 bridgehead atoms. The van der Waals surface area contributed by atoms with Gasteiger partial charge in [-0.25, -0.2) is 0 Å². The fraction of sp³-hybridized carbons (Fsp3) is 0.188. The van der Waals surface area contributed by atoms with Crippen molar-refractivity contribution in [1.29, 1.82) is 0 Å². The summed E-state index contributed by atoms with van der Waals surface area (Å²) in [7, 11) is 1.58. The van der Waals surface area contributed by atoms with Gasteiger partial charge in [0, 0.05) is 5.92 Å². The lowest BCUT2D eigenvalue weighted by Gasteiger charge is -2.13. The molecule has 0 aromatic heterocycles. The van der Waals surface area contributed by atoms with E-state index >= 15 is 0 Å². The van der Waals surface area contributed by atoms with Gasteiger partial charge in [0.2, 0.25) is 0 Å². The van der Waals surface area contributed by atoms with Crippen LogP contribution in [0.5, 0.6) is 5.75 Å². The number of Topliss-reactive ketones (excluding diaryl/α,β-unsaturated/α-hetero) is 1. The Labute approximate surface area is 107 Å². The van der Waals surface area contributed by atoms with Crippen LogP contribution in [-0.2, 0) is 0 Å². The van der Waals surface area contributed by atoms with Crippen molar-refractivity contribution in [1.82, 2.24) is 0 Å². The first-order valence-electron chi connectivity index (χ1n) is 5.96. The molecule has 0 saturated carbocycles. The van der Waals surface area contributed by atoms with Crippen LogP contribution in [0.2, 0.25) is 0 Å². The Morgan fingerprint density at radius 1 is 1.00 bits per heavy atom. The lowest BCUT2D eigenvalue weighted by Crippen LogP contribution is -2.10. The lowest BCUT2D eigenvalue weighted by molar-refractivity contribution is 0.0963. The van der Waals surface area contributed by atoms with E-state index in [1.165, 1.54) is 0 Å². The number of para-hydroxylation sites is 1. The van der Waals surface area contributed by atoms with E-state index < -0.39 is 0 Å². The Kier molecular flexibility index (Phi) is 3.78. The zero-order valence-corrected chi connectivity index (χ0v) is 10.6. The molecule has 18 heavy (non-hydrogen) atoms. The highest BCUT2D eigenvalue weighted by molar-refractivity contribution is 6.02. The van der Waals surface area contributed by atoms with Gasteiger partial charge in [-0.2, -0.15) is 0 Å². The summed E-state index contributed by atoms with van der Waals surface area (Å²) >= 11 is 0. The molecule has 92 valence electrons. The largest absolute Gasteiger partial charge is 0.496 e. The van der Waals surface area contributed by atoms with Crippen LogP contribution < -0.4 is 4.74 Å². The second-order valence-corrected chi connectivity index (χ2v) is 4.20. The van der Waals surface area contributed by atoms with E-state index in [0.717, 1.165) is 5.56 Å². The van der Waals surface area contributed by atoms with Gasteiger partial charge < -0.3 is 4.74 Å². The van der Waals surface area contributed by atoms with Crippen LogP contribution in [0.3, 0.4) is 0 Å². The molecule has 0 aliphatic carbocycles. The molecule has 2 rings (SSSR count). The van der Waals surface area contributed by atoms with E-state index in [1.807, 2.05) is 55.5 Å². The van der Waals surface area contributed by atoms with Crippen molar-refractivity contribution in [3.63, 3.8) is 0 Å². The Bertz CT molecular complexity index is 532. The maximum Gasteiger partial charge on any atom is 0.173 e. The predicted molar refractivity (Wildman–Crippen MR) is 72.2 cm³/mol. The smallest absolute Gasteiger partial charge is 0.173 e. The number of ketones is 1. The summed E-state index contributed by atoms with van der Waals surface area (Å²) in [6.07, 6.45) is 0. The van der Waals surface area contributed by atoms with E-state index in [9.17, 15) is 4.79 Å². The van der Waals surface area contributed by atoms with E-state index in [1.54, 1.807) is 13.2 Å². The minimum absolute atomic E-state index is 0.0821. The van der Waals surface area contributed by atoms with Gasteiger partial charge >= 0.3 is 0 Å². The molecule has 1 unspecified atom stereocenters. The lowest BCUT2D eigenvalue weighted by atomic mass is 9.92. The van der Waals surface area contributed by atoms with E-state index in [2.05, 4.69) is 0 Å². The monoisotopic (exact) mass is 240 g/mol. The van der Waals surface area contributed by atoms with Crippen molar-refractivity contribution in [2.45, 2.75) is 12.8 Å². The third-order valence-corrected chi connectivity index (χ3v) is 3.07. The highest BCUT2D eigenvalue weighted by Crippen LogP contribution is 2.25. The van der Waals surface area contributed by atoms with Crippen molar-refractivity contribution < 1.29 is 9.53 Å². The minimum Gasteiger partial charge on any atom is -0.496 e. The third-order valence-electron chi connectivity index (χ3n) is 3.07. The molecule has 2 nitrogen and oxygen atoms in total. The molecule has 0 amide bonds. The first-order chi connectivity index (χ1) is 8.74. The number of ether oxygens (including phenoxy) is 1.